The molecule has 0 heterocycles. The van der Waals surface area contributed by atoms with Gasteiger partial charge in [0.15, 0.2) is 0 Å². The Hall–Kier alpha value is -0.770. The summed E-state index contributed by atoms with van der Waals surface area (Å²) >= 11 is 0. The largest absolute Gasteiger partial charge is 0.444 e. The Bertz CT molecular complexity index is 318. The lowest BCUT2D eigenvalue weighted by molar-refractivity contribution is 0.0489. The van der Waals surface area contributed by atoms with Crippen LogP contribution in [-0.2, 0) is 4.74 Å². The van der Waals surface area contributed by atoms with Crippen molar-refractivity contribution in [3.05, 3.63) is 0 Å². The number of ether oxygens (including phenoxy) is 1. The maximum Gasteiger partial charge on any atom is 0.407 e. The lowest BCUT2D eigenvalue weighted by atomic mass is 9.90. The van der Waals surface area contributed by atoms with Crippen molar-refractivity contribution in [2.45, 2.75) is 110 Å². The highest BCUT2D eigenvalue weighted by atomic mass is 16.6. The Labute approximate surface area is 136 Å². The monoisotopic (exact) mass is 312 g/mol. The van der Waals surface area contributed by atoms with E-state index in [-0.39, 0.29) is 12.1 Å². The molecule has 4 heteroatoms. The van der Waals surface area contributed by atoms with E-state index < -0.39 is 5.60 Å². The van der Waals surface area contributed by atoms with Crippen LogP contribution in [0.15, 0.2) is 0 Å². The van der Waals surface area contributed by atoms with Crippen molar-refractivity contribution in [2.24, 2.45) is 0 Å². The average molecular weight is 312 g/mol. The summed E-state index contributed by atoms with van der Waals surface area (Å²) < 4.78 is 5.32. The van der Waals surface area contributed by atoms with Gasteiger partial charge >= 0.3 is 6.09 Å². The lowest BCUT2D eigenvalue weighted by Crippen LogP contribution is -2.45. The lowest BCUT2D eigenvalue weighted by Gasteiger charge is -2.32. The molecule has 1 fully saturated rings. The first kappa shape index (κ1) is 19.3. The van der Waals surface area contributed by atoms with Gasteiger partial charge in [0.1, 0.15) is 5.60 Å². The minimum absolute atomic E-state index is 0.267. The van der Waals surface area contributed by atoms with Gasteiger partial charge in [-0.2, -0.15) is 0 Å². The Morgan fingerprint density at radius 1 is 1.14 bits per heavy atom. The molecule has 1 unspecified atom stereocenters. The molecule has 0 aliphatic heterocycles. The van der Waals surface area contributed by atoms with Gasteiger partial charge < -0.3 is 15.4 Å². The van der Waals surface area contributed by atoms with Gasteiger partial charge in [0.25, 0.3) is 0 Å². The summed E-state index contributed by atoms with van der Waals surface area (Å²) in [5.74, 6) is 0. The third-order valence-corrected chi connectivity index (χ3v) is 4.21. The van der Waals surface area contributed by atoms with Crippen molar-refractivity contribution in [1.29, 1.82) is 0 Å². The molecule has 0 aromatic rings. The highest BCUT2D eigenvalue weighted by Gasteiger charge is 2.25. The number of hydrogen-bond donors (Lipinski definition) is 2. The molecule has 1 amide bonds. The molecule has 0 bridgehead atoms. The molecule has 1 rings (SSSR count). The number of alkyl carbamates (subject to hydrolysis) is 1. The van der Waals surface area contributed by atoms with E-state index in [0.717, 1.165) is 25.7 Å². The minimum Gasteiger partial charge on any atom is -0.444 e. The van der Waals surface area contributed by atoms with Crippen LogP contribution in [0.25, 0.3) is 0 Å². The van der Waals surface area contributed by atoms with Crippen molar-refractivity contribution in [3.63, 3.8) is 0 Å². The van der Waals surface area contributed by atoms with Crippen LogP contribution in [0.5, 0.6) is 0 Å². The van der Waals surface area contributed by atoms with Gasteiger partial charge in [-0.1, -0.05) is 26.2 Å². The summed E-state index contributed by atoms with van der Waals surface area (Å²) in [5.41, 5.74) is -0.420. The normalized spacial score (nSPS) is 23.9. The van der Waals surface area contributed by atoms with E-state index in [9.17, 15) is 4.79 Å². The van der Waals surface area contributed by atoms with Crippen LogP contribution >= 0.6 is 0 Å². The molecule has 1 saturated carbocycles. The van der Waals surface area contributed by atoms with E-state index in [4.69, 9.17) is 4.74 Å². The summed E-state index contributed by atoms with van der Waals surface area (Å²) in [4.78, 5) is 11.8. The van der Waals surface area contributed by atoms with Gasteiger partial charge in [0, 0.05) is 18.1 Å². The highest BCUT2D eigenvalue weighted by molar-refractivity contribution is 5.68. The SMILES string of the molecule is CCCCCC(C)NC1CCC(NC(=O)OC(C)(C)C)CC1. The number of carbonyl (C=O) groups is 1. The Morgan fingerprint density at radius 3 is 2.27 bits per heavy atom. The quantitative estimate of drug-likeness (QED) is 0.686. The molecule has 1 aliphatic rings. The number of nitrogens with one attached hydrogen (secondary N) is 2. The zero-order valence-electron chi connectivity index (χ0n) is 15.2. The van der Waals surface area contributed by atoms with Crippen molar-refractivity contribution >= 4 is 6.09 Å². The maximum atomic E-state index is 11.8. The zero-order chi connectivity index (χ0) is 16.6. The van der Waals surface area contributed by atoms with Crippen molar-refractivity contribution in [1.82, 2.24) is 10.6 Å². The fraction of sp³-hybridized carbons (Fsp3) is 0.944. The summed E-state index contributed by atoms with van der Waals surface area (Å²) in [6.07, 6.45) is 9.28. The van der Waals surface area contributed by atoms with Crippen LogP contribution in [-0.4, -0.2) is 29.8 Å². The summed E-state index contributed by atoms with van der Waals surface area (Å²) in [6, 6.07) is 1.48. The van der Waals surface area contributed by atoms with Crippen LogP contribution in [0.1, 0.15) is 86.0 Å². The topological polar surface area (TPSA) is 50.4 Å². The van der Waals surface area contributed by atoms with Gasteiger partial charge in [-0.25, -0.2) is 4.79 Å². The number of rotatable bonds is 7. The van der Waals surface area contributed by atoms with E-state index in [2.05, 4.69) is 24.5 Å². The van der Waals surface area contributed by atoms with E-state index in [0.29, 0.717) is 12.1 Å². The predicted octanol–water partition coefficient (Wildman–Crippen LogP) is 4.38. The first-order valence-electron chi connectivity index (χ1n) is 9.05. The Morgan fingerprint density at radius 2 is 1.73 bits per heavy atom. The molecule has 0 saturated heterocycles. The third-order valence-electron chi connectivity index (χ3n) is 4.21. The molecule has 0 radical (unpaired) electrons. The molecular weight excluding hydrogens is 276 g/mol. The van der Waals surface area contributed by atoms with E-state index in [1.54, 1.807) is 0 Å². The molecule has 0 aromatic heterocycles. The maximum absolute atomic E-state index is 11.8. The number of hydrogen-bond acceptors (Lipinski definition) is 3. The van der Waals surface area contributed by atoms with Crippen LogP contribution in [0, 0.1) is 0 Å². The molecule has 0 aromatic carbocycles. The molecular formula is C18H36N2O2. The minimum atomic E-state index is -0.420. The van der Waals surface area contributed by atoms with Gasteiger partial charge in [-0.3, -0.25) is 0 Å². The summed E-state index contributed by atoms with van der Waals surface area (Å²) in [6.45, 7) is 10.2. The van der Waals surface area contributed by atoms with Crippen LogP contribution in [0.2, 0.25) is 0 Å². The van der Waals surface area contributed by atoms with Crippen LogP contribution in [0.3, 0.4) is 0 Å². The molecule has 1 atom stereocenters. The Balaban J connectivity index is 2.19. The molecule has 2 N–H and O–H groups in total. The predicted molar refractivity (Wildman–Crippen MR) is 92.2 cm³/mol. The second-order valence-corrected chi connectivity index (χ2v) is 7.76. The highest BCUT2D eigenvalue weighted by Crippen LogP contribution is 2.20. The second-order valence-electron chi connectivity index (χ2n) is 7.76. The molecule has 130 valence electrons. The molecule has 0 spiro atoms. The fourth-order valence-corrected chi connectivity index (χ4v) is 3.06. The molecule has 4 nitrogen and oxygen atoms in total. The second kappa shape index (κ2) is 9.39. The van der Waals surface area contributed by atoms with Gasteiger partial charge in [-0.05, 0) is 59.8 Å². The van der Waals surface area contributed by atoms with E-state index in [1.165, 1.54) is 25.7 Å². The van der Waals surface area contributed by atoms with Crippen molar-refractivity contribution in [3.8, 4) is 0 Å². The van der Waals surface area contributed by atoms with Crippen molar-refractivity contribution < 1.29 is 9.53 Å². The standard InChI is InChI=1S/C18H36N2O2/c1-6-7-8-9-14(2)19-15-10-12-16(13-11-15)20-17(21)22-18(3,4)5/h14-16,19H,6-13H2,1-5H3,(H,20,21). The van der Waals surface area contributed by atoms with Crippen molar-refractivity contribution in [2.75, 3.05) is 0 Å². The number of amides is 1. The summed E-state index contributed by atoms with van der Waals surface area (Å²) in [7, 11) is 0. The zero-order valence-corrected chi connectivity index (χ0v) is 15.2. The average Bonchev–Trinajstić information content (AvgIpc) is 2.39. The molecule has 22 heavy (non-hydrogen) atoms. The number of carbonyl (C=O) groups excluding carboxylic acids is 1. The van der Waals surface area contributed by atoms with E-state index in [1.807, 2.05) is 20.8 Å². The summed E-state index contributed by atoms with van der Waals surface area (Å²) in [5, 5.41) is 6.75. The van der Waals surface area contributed by atoms with Gasteiger partial charge in [0.2, 0.25) is 0 Å². The van der Waals surface area contributed by atoms with Gasteiger partial charge in [-0.15, -0.1) is 0 Å². The smallest absolute Gasteiger partial charge is 0.407 e. The fourth-order valence-electron chi connectivity index (χ4n) is 3.06. The Kier molecular flexibility index (Phi) is 8.23. The first-order valence-corrected chi connectivity index (χ1v) is 9.05. The third kappa shape index (κ3) is 8.62. The van der Waals surface area contributed by atoms with E-state index >= 15 is 0 Å². The first-order chi connectivity index (χ1) is 10.3. The molecule has 1 aliphatic carbocycles. The van der Waals surface area contributed by atoms with Crippen LogP contribution in [0.4, 0.5) is 4.79 Å². The van der Waals surface area contributed by atoms with Gasteiger partial charge in [0.05, 0.1) is 0 Å². The number of unbranched alkanes of at least 4 members (excludes halogenated alkanes) is 2. The van der Waals surface area contributed by atoms with Crippen LogP contribution < -0.4 is 10.6 Å².